The van der Waals surface area contributed by atoms with Gasteiger partial charge in [0.1, 0.15) is 4.90 Å². The summed E-state index contributed by atoms with van der Waals surface area (Å²) in [5.41, 5.74) is 1.22. The monoisotopic (exact) mass is 377 g/mol. The van der Waals surface area contributed by atoms with Crippen LogP contribution in [-0.2, 0) is 16.6 Å². The van der Waals surface area contributed by atoms with Gasteiger partial charge in [-0.15, -0.1) is 0 Å². The van der Waals surface area contributed by atoms with Crippen molar-refractivity contribution < 1.29 is 13.3 Å². The van der Waals surface area contributed by atoms with Gasteiger partial charge < -0.3 is 4.90 Å². The van der Waals surface area contributed by atoms with Crippen LogP contribution in [0.25, 0.3) is 0 Å². The molecule has 1 aromatic carbocycles. The molecule has 0 aliphatic carbocycles. The average molecular weight is 377 g/mol. The van der Waals surface area contributed by atoms with E-state index in [9.17, 15) is 18.5 Å². The van der Waals surface area contributed by atoms with Gasteiger partial charge in [0, 0.05) is 57.3 Å². The molecule has 1 aromatic heterocycles. The third-order valence-electron chi connectivity index (χ3n) is 4.30. The SMILES string of the molecule is NS(=O)(=O)c1cc([N+](=O)[O-])ccc1N1CCN(Cc2cccnc2)CC1. The summed E-state index contributed by atoms with van der Waals surface area (Å²) in [7, 11) is -4.07. The number of primary sulfonamides is 1. The van der Waals surface area contributed by atoms with Crippen molar-refractivity contribution in [2.45, 2.75) is 11.4 Å². The fraction of sp³-hybridized carbons (Fsp3) is 0.312. The average Bonchev–Trinajstić information content (AvgIpc) is 2.62. The summed E-state index contributed by atoms with van der Waals surface area (Å²) in [5, 5.41) is 16.2. The predicted molar refractivity (Wildman–Crippen MR) is 96.2 cm³/mol. The number of non-ortho nitro benzene ring substituents is 1. The zero-order chi connectivity index (χ0) is 18.7. The van der Waals surface area contributed by atoms with Gasteiger partial charge in [0.2, 0.25) is 10.0 Å². The number of nitro groups is 1. The quantitative estimate of drug-likeness (QED) is 0.608. The maximum Gasteiger partial charge on any atom is 0.270 e. The molecule has 3 rings (SSSR count). The number of nitrogens with zero attached hydrogens (tertiary/aromatic N) is 4. The van der Waals surface area contributed by atoms with Crippen molar-refractivity contribution in [3.63, 3.8) is 0 Å². The summed E-state index contributed by atoms with van der Waals surface area (Å²) < 4.78 is 23.8. The number of benzene rings is 1. The van der Waals surface area contributed by atoms with E-state index in [-0.39, 0.29) is 10.6 Å². The first-order chi connectivity index (χ1) is 12.3. The van der Waals surface area contributed by atoms with Crippen LogP contribution in [0, 0.1) is 10.1 Å². The van der Waals surface area contributed by atoms with Gasteiger partial charge in [0.25, 0.3) is 5.69 Å². The highest BCUT2D eigenvalue weighted by atomic mass is 32.2. The molecule has 2 heterocycles. The van der Waals surface area contributed by atoms with E-state index in [0.29, 0.717) is 18.8 Å². The number of sulfonamides is 1. The van der Waals surface area contributed by atoms with E-state index < -0.39 is 14.9 Å². The molecular formula is C16H19N5O4S. The van der Waals surface area contributed by atoms with Gasteiger partial charge in [0.15, 0.2) is 0 Å². The van der Waals surface area contributed by atoms with Gasteiger partial charge in [-0.1, -0.05) is 6.07 Å². The third-order valence-corrected chi connectivity index (χ3v) is 5.24. The van der Waals surface area contributed by atoms with Gasteiger partial charge in [-0.25, -0.2) is 13.6 Å². The molecule has 0 saturated carbocycles. The predicted octanol–water partition coefficient (Wildman–Crippen LogP) is 0.959. The molecule has 0 unspecified atom stereocenters. The van der Waals surface area contributed by atoms with Gasteiger partial charge in [-0.05, 0) is 17.7 Å². The lowest BCUT2D eigenvalue weighted by molar-refractivity contribution is -0.385. The first-order valence-electron chi connectivity index (χ1n) is 8.02. The molecule has 0 radical (unpaired) electrons. The molecule has 1 aliphatic heterocycles. The van der Waals surface area contributed by atoms with Gasteiger partial charge in [0.05, 0.1) is 10.6 Å². The first kappa shape index (κ1) is 18.2. The van der Waals surface area contributed by atoms with Crippen LogP contribution in [-0.4, -0.2) is 49.4 Å². The maximum atomic E-state index is 11.9. The van der Waals surface area contributed by atoms with E-state index >= 15 is 0 Å². The molecule has 26 heavy (non-hydrogen) atoms. The van der Waals surface area contributed by atoms with Gasteiger partial charge in [-0.3, -0.25) is 20.0 Å². The summed E-state index contributed by atoms with van der Waals surface area (Å²) in [6.45, 7) is 3.43. The largest absolute Gasteiger partial charge is 0.368 e. The second-order valence-corrected chi connectivity index (χ2v) is 7.61. The molecular weight excluding hydrogens is 358 g/mol. The smallest absolute Gasteiger partial charge is 0.270 e. The van der Waals surface area contributed by atoms with Crippen LogP contribution in [0.5, 0.6) is 0 Å². The summed E-state index contributed by atoms with van der Waals surface area (Å²) in [4.78, 5) is 18.3. The minimum absolute atomic E-state index is 0.215. The number of hydrogen-bond acceptors (Lipinski definition) is 7. The Bertz CT molecular complexity index is 896. The lowest BCUT2D eigenvalue weighted by Gasteiger charge is -2.36. The van der Waals surface area contributed by atoms with Crippen LogP contribution in [0.15, 0.2) is 47.6 Å². The summed E-state index contributed by atoms with van der Waals surface area (Å²) in [6, 6.07) is 7.67. The zero-order valence-electron chi connectivity index (χ0n) is 14.0. The van der Waals surface area contributed by atoms with Crippen molar-refractivity contribution in [2.75, 3.05) is 31.1 Å². The highest BCUT2D eigenvalue weighted by molar-refractivity contribution is 7.89. The van der Waals surface area contributed by atoms with Crippen LogP contribution in [0.3, 0.4) is 0 Å². The molecule has 10 heteroatoms. The van der Waals surface area contributed by atoms with Crippen molar-refractivity contribution in [1.29, 1.82) is 0 Å². The van der Waals surface area contributed by atoms with E-state index in [1.54, 1.807) is 6.20 Å². The summed E-state index contributed by atoms with van der Waals surface area (Å²) in [6.07, 6.45) is 3.55. The minimum atomic E-state index is -4.07. The Hall–Kier alpha value is -2.56. The highest BCUT2D eigenvalue weighted by Gasteiger charge is 2.25. The van der Waals surface area contributed by atoms with Crippen molar-refractivity contribution in [1.82, 2.24) is 9.88 Å². The molecule has 0 atom stereocenters. The van der Waals surface area contributed by atoms with E-state index in [0.717, 1.165) is 31.3 Å². The number of nitrogens with two attached hydrogens (primary N) is 1. The number of piperazine rings is 1. The first-order valence-corrected chi connectivity index (χ1v) is 9.56. The molecule has 1 fully saturated rings. The topological polar surface area (TPSA) is 123 Å². The molecule has 2 aromatic rings. The molecule has 1 aliphatic rings. The molecule has 0 spiro atoms. The fourth-order valence-electron chi connectivity index (χ4n) is 3.00. The van der Waals surface area contributed by atoms with Crippen LogP contribution < -0.4 is 10.0 Å². The third kappa shape index (κ3) is 4.15. The Kier molecular flexibility index (Phi) is 5.16. The number of anilines is 1. The lowest BCUT2D eigenvalue weighted by Crippen LogP contribution is -2.46. The van der Waals surface area contributed by atoms with Gasteiger partial charge >= 0.3 is 0 Å². The summed E-state index contributed by atoms with van der Waals surface area (Å²) in [5.74, 6) is 0. The maximum absolute atomic E-state index is 11.9. The second-order valence-electron chi connectivity index (χ2n) is 6.08. The lowest BCUT2D eigenvalue weighted by atomic mass is 10.2. The van der Waals surface area contributed by atoms with Crippen LogP contribution >= 0.6 is 0 Å². The van der Waals surface area contributed by atoms with E-state index in [4.69, 9.17) is 5.14 Å². The van der Waals surface area contributed by atoms with Crippen LogP contribution in [0.4, 0.5) is 11.4 Å². The number of rotatable bonds is 5. The Morgan fingerprint density at radius 3 is 2.50 bits per heavy atom. The number of nitro benzene ring substituents is 1. The standard InChI is InChI=1S/C16H19N5O4S/c17-26(24,25)16-10-14(21(22)23)3-4-15(16)20-8-6-19(7-9-20)12-13-2-1-5-18-11-13/h1-5,10-11H,6-9,12H2,(H2,17,24,25). The van der Waals surface area contributed by atoms with Crippen molar-refractivity contribution in [3.8, 4) is 0 Å². The summed E-state index contributed by atoms with van der Waals surface area (Å²) >= 11 is 0. The van der Waals surface area contributed by atoms with Crippen molar-refractivity contribution in [3.05, 3.63) is 58.4 Å². The normalized spacial score (nSPS) is 15.8. The number of aromatic nitrogens is 1. The Labute approximate surface area is 151 Å². The number of hydrogen-bond donors (Lipinski definition) is 1. The highest BCUT2D eigenvalue weighted by Crippen LogP contribution is 2.29. The Morgan fingerprint density at radius 1 is 1.19 bits per heavy atom. The molecule has 9 nitrogen and oxygen atoms in total. The van der Waals surface area contributed by atoms with Crippen LogP contribution in [0.2, 0.25) is 0 Å². The van der Waals surface area contributed by atoms with E-state index in [1.807, 2.05) is 23.2 Å². The number of pyridine rings is 1. The molecule has 0 amide bonds. The van der Waals surface area contributed by atoms with Gasteiger partial charge in [-0.2, -0.15) is 0 Å². The molecule has 2 N–H and O–H groups in total. The minimum Gasteiger partial charge on any atom is -0.368 e. The molecule has 138 valence electrons. The van der Waals surface area contributed by atoms with Crippen LogP contribution in [0.1, 0.15) is 5.56 Å². The van der Waals surface area contributed by atoms with E-state index in [2.05, 4.69) is 9.88 Å². The fourth-order valence-corrected chi connectivity index (χ4v) is 3.78. The van der Waals surface area contributed by atoms with Crippen molar-refractivity contribution >= 4 is 21.4 Å². The Balaban J connectivity index is 1.76. The van der Waals surface area contributed by atoms with E-state index in [1.165, 1.54) is 12.1 Å². The van der Waals surface area contributed by atoms with Crippen molar-refractivity contribution in [2.24, 2.45) is 5.14 Å². The molecule has 1 saturated heterocycles. The second kappa shape index (κ2) is 7.36. The zero-order valence-corrected chi connectivity index (χ0v) is 14.8. The molecule has 0 bridgehead atoms. The Morgan fingerprint density at radius 2 is 1.92 bits per heavy atom.